The number of hydrogen-bond donors (Lipinski definition) is 0. The maximum Gasteiger partial charge on any atom is 0.294 e. The van der Waals surface area contributed by atoms with E-state index in [4.69, 9.17) is 11.6 Å². The van der Waals surface area contributed by atoms with Crippen molar-refractivity contribution in [2.45, 2.75) is 0 Å². The van der Waals surface area contributed by atoms with Crippen LogP contribution in [0.25, 0.3) is 5.57 Å². The first kappa shape index (κ1) is 21.5. The molecule has 172 valence electrons. The molecule has 6 nitrogen and oxygen atoms in total. The Morgan fingerprint density at radius 3 is 1.80 bits per heavy atom. The van der Waals surface area contributed by atoms with Crippen LogP contribution in [0.1, 0.15) is 11.1 Å². The van der Waals surface area contributed by atoms with Crippen molar-refractivity contribution in [2.75, 3.05) is 4.90 Å². The van der Waals surface area contributed by atoms with Crippen molar-refractivity contribution in [1.29, 1.82) is 0 Å². The van der Waals surface area contributed by atoms with Crippen molar-refractivity contribution in [3.63, 3.8) is 0 Å². The zero-order chi connectivity index (χ0) is 24.3. The summed E-state index contributed by atoms with van der Waals surface area (Å²) in [7, 11) is 0. The Morgan fingerprint density at radius 1 is 0.800 bits per heavy atom. The highest BCUT2D eigenvalue weighted by Gasteiger charge is 2.63. The lowest BCUT2D eigenvalue weighted by molar-refractivity contribution is -0.384. The van der Waals surface area contributed by atoms with Gasteiger partial charge in [0, 0.05) is 22.9 Å². The molecule has 6 rings (SSSR count). The Labute approximate surface area is 206 Å². The van der Waals surface area contributed by atoms with Crippen molar-refractivity contribution in [3.8, 4) is 0 Å². The molecule has 1 saturated carbocycles. The van der Waals surface area contributed by atoms with Crippen molar-refractivity contribution in [3.05, 3.63) is 123 Å². The number of anilines is 1. The van der Waals surface area contributed by atoms with E-state index in [0.717, 1.165) is 27.2 Å². The lowest BCUT2D eigenvalue weighted by Gasteiger charge is -2.21. The second-order valence-electron chi connectivity index (χ2n) is 8.95. The van der Waals surface area contributed by atoms with Crippen LogP contribution in [-0.4, -0.2) is 16.7 Å². The number of fused-ring (bicyclic) bond motifs is 5. The molecule has 0 unspecified atom stereocenters. The smallest absolute Gasteiger partial charge is 0.274 e. The molecule has 7 heteroatoms. The van der Waals surface area contributed by atoms with Gasteiger partial charge in [0.15, 0.2) is 0 Å². The van der Waals surface area contributed by atoms with E-state index < -0.39 is 28.6 Å². The number of rotatable bonds is 4. The molecular formula is C28H19ClN2O4. The van der Waals surface area contributed by atoms with E-state index in [9.17, 15) is 19.7 Å². The van der Waals surface area contributed by atoms with Crippen LogP contribution in [0.2, 0.25) is 5.02 Å². The third-order valence-electron chi connectivity index (χ3n) is 7.20. The zero-order valence-electron chi connectivity index (χ0n) is 18.4. The molecule has 2 amide bonds. The second-order valence-corrected chi connectivity index (χ2v) is 9.39. The molecule has 35 heavy (non-hydrogen) atoms. The van der Waals surface area contributed by atoms with Gasteiger partial charge < -0.3 is 0 Å². The Kier molecular flexibility index (Phi) is 4.93. The number of nitrogens with zero attached hydrogens (tertiary/aromatic N) is 2. The Balaban J connectivity index is 1.49. The van der Waals surface area contributed by atoms with Gasteiger partial charge in [0.05, 0.1) is 16.8 Å². The Bertz CT molecular complexity index is 1370. The molecule has 0 spiro atoms. The normalized spacial score (nSPS) is 24.3. The van der Waals surface area contributed by atoms with Crippen molar-refractivity contribution >= 4 is 40.4 Å². The van der Waals surface area contributed by atoms with Crippen molar-refractivity contribution in [2.24, 2.45) is 23.7 Å². The quantitative estimate of drug-likeness (QED) is 0.207. The van der Waals surface area contributed by atoms with Gasteiger partial charge in [-0.2, -0.15) is 0 Å². The minimum Gasteiger partial charge on any atom is -0.274 e. The number of nitro benzene ring substituents is 1. The molecule has 2 bridgehead atoms. The van der Waals surface area contributed by atoms with Gasteiger partial charge in [-0.05, 0) is 34.4 Å². The topological polar surface area (TPSA) is 80.5 Å². The first-order valence-electron chi connectivity index (χ1n) is 11.3. The summed E-state index contributed by atoms with van der Waals surface area (Å²) < 4.78 is 0. The number of imide groups is 1. The lowest BCUT2D eigenvalue weighted by Crippen LogP contribution is -2.33. The monoisotopic (exact) mass is 482 g/mol. The van der Waals surface area contributed by atoms with Gasteiger partial charge in [0.25, 0.3) is 5.69 Å². The summed E-state index contributed by atoms with van der Waals surface area (Å²) in [6.45, 7) is 0. The Morgan fingerprint density at radius 2 is 1.31 bits per heavy atom. The zero-order valence-corrected chi connectivity index (χ0v) is 19.1. The summed E-state index contributed by atoms with van der Waals surface area (Å²) in [5.74, 6) is -2.50. The SMILES string of the molecule is O=C1[C@@H]2[C@@H](C(=O)N1c1ccc(Cl)cc1[N+](=O)[O-])[C@H]1C=C[C@@H]2C1=C(c1ccccc1)c1ccccc1. The van der Waals surface area contributed by atoms with Crippen molar-refractivity contribution < 1.29 is 14.5 Å². The second kappa shape index (κ2) is 8.03. The number of benzene rings is 3. The maximum absolute atomic E-state index is 13.7. The molecule has 3 aliphatic rings. The summed E-state index contributed by atoms with van der Waals surface area (Å²) in [4.78, 5) is 39.4. The highest BCUT2D eigenvalue weighted by Crippen LogP contribution is 2.59. The molecule has 2 aliphatic carbocycles. The summed E-state index contributed by atoms with van der Waals surface area (Å²) in [5, 5.41) is 11.8. The largest absolute Gasteiger partial charge is 0.294 e. The van der Waals surface area contributed by atoms with E-state index in [-0.39, 0.29) is 28.2 Å². The number of nitro groups is 1. The highest BCUT2D eigenvalue weighted by atomic mass is 35.5. The third kappa shape index (κ3) is 3.17. The molecule has 1 saturated heterocycles. The van der Waals surface area contributed by atoms with Gasteiger partial charge in [-0.25, -0.2) is 4.90 Å². The fourth-order valence-corrected chi connectivity index (χ4v) is 6.04. The average Bonchev–Trinajstić information content (AvgIpc) is 3.50. The fraction of sp³-hybridized carbons (Fsp3) is 0.143. The van der Waals surface area contributed by atoms with E-state index in [1.165, 1.54) is 18.2 Å². The molecule has 1 heterocycles. The summed E-state index contributed by atoms with van der Waals surface area (Å²) in [5.41, 5.74) is 3.76. The molecule has 0 N–H and O–H groups in total. The van der Waals surface area contributed by atoms with E-state index in [1.807, 2.05) is 72.8 Å². The fourth-order valence-electron chi connectivity index (χ4n) is 5.88. The minimum absolute atomic E-state index is 0.0277. The molecule has 3 aromatic rings. The number of hydrogen-bond acceptors (Lipinski definition) is 4. The number of halogens is 1. The van der Waals surface area contributed by atoms with E-state index in [1.54, 1.807) is 0 Å². The molecule has 0 radical (unpaired) electrons. The van der Waals surface area contributed by atoms with Gasteiger partial charge in [-0.15, -0.1) is 0 Å². The van der Waals surface area contributed by atoms with Gasteiger partial charge in [0.2, 0.25) is 11.8 Å². The maximum atomic E-state index is 13.7. The van der Waals surface area contributed by atoms with Crippen molar-refractivity contribution in [1.82, 2.24) is 0 Å². The van der Waals surface area contributed by atoms with Crippen LogP contribution in [0.4, 0.5) is 11.4 Å². The van der Waals surface area contributed by atoms with Crippen LogP contribution < -0.4 is 4.90 Å². The van der Waals surface area contributed by atoms with Crippen LogP contribution >= 0.6 is 11.6 Å². The van der Waals surface area contributed by atoms with Crippen LogP contribution in [0, 0.1) is 33.8 Å². The Hall–Kier alpha value is -4.03. The molecule has 2 fully saturated rings. The van der Waals surface area contributed by atoms with Gasteiger partial charge in [-0.3, -0.25) is 19.7 Å². The summed E-state index contributed by atoms with van der Waals surface area (Å²) >= 11 is 5.95. The first-order chi connectivity index (χ1) is 17.0. The molecule has 3 aromatic carbocycles. The minimum atomic E-state index is -0.614. The van der Waals surface area contributed by atoms with Crippen LogP contribution in [-0.2, 0) is 9.59 Å². The third-order valence-corrected chi connectivity index (χ3v) is 7.44. The molecular weight excluding hydrogens is 464 g/mol. The summed E-state index contributed by atoms with van der Waals surface area (Å²) in [6.07, 6.45) is 4.02. The lowest BCUT2D eigenvalue weighted by atomic mass is 9.85. The molecule has 4 atom stereocenters. The van der Waals surface area contributed by atoms with E-state index in [2.05, 4.69) is 0 Å². The number of carbonyl (C=O) groups excluding carboxylic acids is 2. The number of amides is 2. The standard InChI is InChI=1S/C28H19ClN2O4/c29-18-11-14-21(22(15-18)31(34)35)30-27(32)25-19-12-13-20(26(25)28(30)33)24(19)23(16-7-3-1-4-8-16)17-9-5-2-6-10-17/h1-15,19-20,25-26H/t19-,20+,25-,26-/m0/s1. The summed E-state index contributed by atoms with van der Waals surface area (Å²) in [6, 6.07) is 24.0. The predicted octanol–water partition coefficient (Wildman–Crippen LogP) is 5.67. The first-order valence-corrected chi connectivity index (χ1v) is 11.7. The van der Waals surface area contributed by atoms with E-state index in [0.29, 0.717) is 0 Å². The number of allylic oxidation sites excluding steroid dienone is 3. The number of carbonyl (C=O) groups is 2. The van der Waals surface area contributed by atoms with Gasteiger partial charge in [-0.1, -0.05) is 84.4 Å². The van der Waals surface area contributed by atoms with Crippen LogP contribution in [0.15, 0.2) is 96.6 Å². The van der Waals surface area contributed by atoms with Crippen LogP contribution in [0.5, 0.6) is 0 Å². The predicted molar refractivity (Wildman–Crippen MR) is 133 cm³/mol. The molecule has 0 aromatic heterocycles. The van der Waals surface area contributed by atoms with Gasteiger partial charge >= 0.3 is 0 Å². The van der Waals surface area contributed by atoms with E-state index >= 15 is 0 Å². The van der Waals surface area contributed by atoms with Crippen LogP contribution in [0.3, 0.4) is 0 Å². The van der Waals surface area contributed by atoms with Gasteiger partial charge in [0.1, 0.15) is 5.69 Å². The average molecular weight is 483 g/mol. The highest BCUT2D eigenvalue weighted by molar-refractivity contribution is 6.31. The molecule has 1 aliphatic heterocycles.